The van der Waals surface area contributed by atoms with E-state index in [1.165, 1.54) is 11.3 Å². The van der Waals surface area contributed by atoms with E-state index < -0.39 is 0 Å². The Hall–Kier alpha value is -1.02. The van der Waals surface area contributed by atoms with Crippen molar-refractivity contribution in [2.75, 3.05) is 18.0 Å². The molecule has 1 atom stereocenters. The third-order valence-corrected chi connectivity index (χ3v) is 2.41. The van der Waals surface area contributed by atoms with E-state index in [1.807, 2.05) is 0 Å². The predicted molar refractivity (Wildman–Crippen MR) is 51.4 cm³/mol. The Kier molecular flexibility index (Phi) is 1.77. The van der Waals surface area contributed by atoms with Gasteiger partial charge in [-0.15, -0.1) is 0 Å². The Labute approximate surface area is 73.0 Å². The summed E-state index contributed by atoms with van der Waals surface area (Å²) in [5.74, 6) is 0. The lowest BCUT2D eigenvalue weighted by Gasteiger charge is -2.07. The first-order chi connectivity index (χ1) is 5.83. The number of nitrogens with zero attached hydrogens (tertiary/aromatic N) is 1. The lowest BCUT2D eigenvalue weighted by molar-refractivity contribution is 0.965. The fourth-order valence-electron chi connectivity index (χ4n) is 1.56. The van der Waals surface area contributed by atoms with Gasteiger partial charge in [0, 0.05) is 18.8 Å². The van der Waals surface area contributed by atoms with E-state index in [0.29, 0.717) is 6.04 Å². The number of para-hydroxylation sites is 1. The van der Waals surface area contributed by atoms with Gasteiger partial charge in [0.05, 0.1) is 6.04 Å². The lowest BCUT2D eigenvalue weighted by atomic mass is 10.2. The van der Waals surface area contributed by atoms with Crippen LogP contribution in [0.2, 0.25) is 0 Å². The van der Waals surface area contributed by atoms with E-state index >= 15 is 0 Å². The van der Waals surface area contributed by atoms with E-state index in [2.05, 4.69) is 36.1 Å². The molecule has 1 aromatic carbocycles. The number of benzene rings is 1. The highest BCUT2D eigenvalue weighted by Gasteiger charge is 2.32. The molecule has 1 aliphatic rings. The maximum Gasteiger partial charge on any atom is 0.0588 e. The smallest absolute Gasteiger partial charge is 0.0588 e. The standard InChI is InChI=1S/C10H14N2/c1-8-4-2-3-5-10(8)12-7-9(12)6-11/h2-5,9H,6-7,11H2,1H3. The highest BCUT2D eigenvalue weighted by molar-refractivity contribution is 5.59. The van der Waals surface area contributed by atoms with Crippen molar-refractivity contribution in [3.63, 3.8) is 0 Å². The largest absolute Gasteiger partial charge is 0.363 e. The number of hydrogen-bond donors (Lipinski definition) is 1. The van der Waals surface area contributed by atoms with Gasteiger partial charge in [-0.1, -0.05) is 18.2 Å². The third-order valence-electron chi connectivity index (χ3n) is 2.41. The molecule has 0 saturated carbocycles. The predicted octanol–water partition coefficient (Wildman–Crippen LogP) is 1.14. The van der Waals surface area contributed by atoms with Gasteiger partial charge in [-0.3, -0.25) is 0 Å². The number of anilines is 1. The van der Waals surface area contributed by atoms with Crippen molar-refractivity contribution in [2.24, 2.45) is 5.73 Å². The minimum atomic E-state index is 0.589. The van der Waals surface area contributed by atoms with E-state index in [1.54, 1.807) is 0 Å². The van der Waals surface area contributed by atoms with Crippen LogP contribution in [0.15, 0.2) is 24.3 Å². The van der Waals surface area contributed by atoms with Crippen molar-refractivity contribution in [3.8, 4) is 0 Å². The molecule has 64 valence electrons. The molecule has 0 spiro atoms. The van der Waals surface area contributed by atoms with Crippen LogP contribution in [-0.4, -0.2) is 19.1 Å². The SMILES string of the molecule is Cc1ccccc1N1CC1CN. The summed E-state index contributed by atoms with van der Waals surface area (Å²) in [5.41, 5.74) is 8.25. The molecule has 1 fully saturated rings. The summed E-state index contributed by atoms with van der Waals surface area (Å²) in [6, 6.07) is 9.03. The van der Waals surface area contributed by atoms with Crippen LogP contribution in [-0.2, 0) is 0 Å². The Morgan fingerprint density at radius 1 is 1.50 bits per heavy atom. The minimum absolute atomic E-state index is 0.589. The van der Waals surface area contributed by atoms with Crippen LogP contribution >= 0.6 is 0 Å². The van der Waals surface area contributed by atoms with E-state index in [0.717, 1.165) is 13.1 Å². The molecule has 0 radical (unpaired) electrons. The molecule has 1 saturated heterocycles. The minimum Gasteiger partial charge on any atom is -0.363 e. The first-order valence-electron chi connectivity index (χ1n) is 4.35. The van der Waals surface area contributed by atoms with Crippen LogP contribution in [0.5, 0.6) is 0 Å². The number of hydrogen-bond acceptors (Lipinski definition) is 2. The van der Waals surface area contributed by atoms with Gasteiger partial charge >= 0.3 is 0 Å². The summed E-state index contributed by atoms with van der Waals surface area (Å²) in [7, 11) is 0. The number of rotatable bonds is 2. The molecule has 0 aromatic heterocycles. The molecule has 0 aliphatic carbocycles. The molecule has 0 amide bonds. The summed E-state index contributed by atoms with van der Waals surface area (Å²) in [5, 5.41) is 0. The molecule has 2 nitrogen and oxygen atoms in total. The Balaban J connectivity index is 2.19. The van der Waals surface area contributed by atoms with Crippen molar-refractivity contribution in [1.82, 2.24) is 0 Å². The van der Waals surface area contributed by atoms with Gasteiger partial charge in [-0.25, -0.2) is 0 Å². The highest BCUT2D eigenvalue weighted by atomic mass is 15.3. The molecule has 1 unspecified atom stereocenters. The normalized spacial score (nSPS) is 21.2. The summed E-state index contributed by atoms with van der Waals surface area (Å²) in [6.45, 7) is 4.04. The second kappa shape index (κ2) is 2.79. The zero-order chi connectivity index (χ0) is 8.55. The summed E-state index contributed by atoms with van der Waals surface area (Å²) < 4.78 is 0. The summed E-state index contributed by atoms with van der Waals surface area (Å²) >= 11 is 0. The molecule has 2 N–H and O–H groups in total. The molecule has 1 aliphatic heterocycles. The molecule has 2 heteroatoms. The van der Waals surface area contributed by atoms with Gasteiger partial charge in [0.1, 0.15) is 0 Å². The molecular formula is C10H14N2. The van der Waals surface area contributed by atoms with Gasteiger partial charge in [0.2, 0.25) is 0 Å². The molecule has 1 heterocycles. The van der Waals surface area contributed by atoms with Crippen LogP contribution in [0.25, 0.3) is 0 Å². The lowest BCUT2D eigenvalue weighted by Crippen LogP contribution is -2.12. The van der Waals surface area contributed by atoms with E-state index in [-0.39, 0.29) is 0 Å². The zero-order valence-corrected chi connectivity index (χ0v) is 7.33. The second-order valence-electron chi connectivity index (χ2n) is 3.33. The molecule has 12 heavy (non-hydrogen) atoms. The van der Waals surface area contributed by atoms with Crippen LogP contribution in [0.4, 0.5) is 5.69 Å². The van der Waals surface area contributed by atoms with Crippen molar-refractivity contribution < 1.29 is 0 Å². The quantitative estimate of drug-likeness (QED) is 0.661. The second-order valence-corrected chi connectivity index (χ2v) is 3.33. The zero-order valence-electron chi connectivity index (χ0n) is 7.33. The molecule has 2 rings (SSSR count). The van der Waals surface area contributed by atoms with Crippen molar-refractivity contribution in [3.05, 3.63) is 29.8 Å². The van der Waals surface area contributed by atoms with Gasteiger partial charge in [-0.05, 0) is 18.6 Å². The molecule has 1 aromatic rings. The van der Waals surface area contributed by atoms with Crippen molar-refractivity contribution in [1.29, 1.82) is 0 Å². The van der Waals surface area contributed by atoms with Crippen molar-refractivity contribution >= 4 is 5.69 Å². The number of aryl methyl sites for hydroxylation is 1. The highest BCUT2D eigenvalue weighted by Crippen LogP contribution is 2.29. The first kappa shape index (κ1) is 7.62. The van der Waals surface area contributed by atoms with E-state index in [4.69, 9.17) is 5.73 Å². The fourth-order valence-corrected chi connectivity index (χ4v) is 1.56. The number of nitrogens with two attached hydrogens (primary N) is 1. The van der Waals surface area contributed by atoms with Crippen LogP contribution in [0.3, 0.4) is 0 Å². The third kappa shape index (κ3) is 1.18. The van der Waals surface area contributed by atoms with E-state index in [9.17, 15) is 0 Å². The summed E-state index contributed by atoms with van der Waals surface area (Å²) in [4.78, 5) is 2.34. The van der Waals surface area contributed by atoms with Gasteiger partial charge in [0.25, 0.3) is 0 Å². The Bertz CT molecular complexity index is 283. The molecule has 0 bridgehead atoms. The fraction of sp³-hybridized carbons (Fsp3) is 0.400. The van der Waals surface area contributed by atoms with Crippen LogP contribution < -0.4 is 10.6 Å². The Morgan fingerprint density at radius 2 is 2.25 bits per heavy atom. The first-order valence-corrected chi connectivity index (χ1v) is 4.35. The van der Waals surface area contributed by atoms with Crippen LogP contribution in [0, 0.1) is 6.92 Å². The maximum atomic E-state index is 5.57. The Morgan fingerprint density at radius 3 is 2.83 bits per heavy atom. The van der Waals surface area contributed by atoms with Gasteiger partial charge in [-0.2, -0.15) is 0 Å². The average molecular weight is 162 g/mol. The van der Waals surface area contributed by atoms with Crippen molar-refractivity contribution in [2.45, 2.75) is 13.0 Å². The average Bonchev–Trinajstić information content (AvgIpc) is 2.84. The van der Waals surface area contributed by atoms with Gasteiger partial charge in [0.15, 0.2) is 0 Å². The summed E-state index contributed by atoms with van der Waals surface area (Å²) in [6.07, 6.45) is 0. The maximum absolute atomic E-state index is 5.57. The monoisotopic (exact) mass is 162 g/mol. The van der Waals surface area contributed by atoms with Gasteiger partial charge < -0.3 is 10.6 Å². The molecular weight excluding hydrogens is 148 g/mol. The van der Waals surface area contributed by atoms with Crippen LogP contribution in [0.1, 0.15) is 5.56 Å². The topological polar surface area (TPSA) is 29.0 Å².